The van der Waals surface area contributed by atoms with Crippen LogP contribution in [0.1, 0.15) is 79.9 Å². The molecule has 0 bridgehead atoms. The first-order valence-corrected chi connectivity index (χ1v) is 12.9. The summed E-state index contributed by atoms with van der Waals surface area (Å²) in [5.41, 5.74) is 0.376. The predicted molar refractivity (Wildman–Crippen MR) is 130 cm³/mol. The normalized spacial score (nSPS) is 15.6. The van der Waals surface area contributed by atoms with Crippen molar-refractivity contribution in [2.45, 2.75) is 83.9 Å². The molecule has 2 N–H and O–H groups in total. The van der Waals surface area contributed by atoms with Gasteiger partial charge in [-0.1, -0.05) is 33.1 Å². The van der Waals surface area contributed by atoms with Crippen LogP contribution < -0.4 is 5.56 Å². The van der Waals surface area contributed by atoms with Crippen LogP contribution in [0.15, 0.2) is 4.79 Å². The Balaban J connectivity index is 1.83. The predicted octanol–water partition coefficient (Wildman–Crippen LogP) is 3.17. The summed E-state index contributed by atoms with van der Waals surface area (Å²) in [6.45, 7) is 4.39. The highest BCUT2D eigenvalue weighted by Gasteiger charge is 2.26. The molecule has 188 valence electrons. The first-order valence-electron chi connectivity index (χ1n) is 12.1. The second kappa shape index (κ2) is 12.4. The lowest BCUT2D eigenvalue weighted by Gasteiger charge is -2.35. The number of nitrogens with zero attached hydrogens (tertiary/aromatic N) is 2. The summed E-state index contributed by atoms with van der Waals surface area (Å²) >= 11 is 1.17. The summed E-state index contributed by atoms with van der Waals surface area (Å²) in [6.07, 6.45) is 6.12. The maximum absolute atomic E-state index is 13.0. The topological polar surface area (TPSA) is 122 Å². The van der Waals surface area contributed by atoms with Crippen LogP contribution in [-0.4, -0.2) is 64.3 Å². The summed E-state index contributed by atoms with van der Waals surface area (Å²) in [7, 11) is 1.32. The number of rotatable bonds is 11. The van der Waals surface area contributed by atoms with Gasteiger partial charge in [0.25, 0.3) is 5.56 Å². The third kappa shape index (κ3) is 6.43. The molecule has 0 spiro atoms. The van der Waals surface area contributed by atoms with Crippen LogP contribution in [0.4, 0.5) is 0 Å². The molecule has 0 aromatic carbocycles. The van der Waals surface area contributed by atoms with Gasteiger partial charge < -0.3 is 19.6 Å². The van der Waals surface area contributed by atoms with E-state index in [0.29, 0.717) is 58.8 Å². The number of ether oxygens (including phenoxy) is 2. The van der Waals surface area contributed by atoms with E-state index in [1.165, 1.54) is 24.9 Å². The van der Waals surface area contributed by atoms with E-state index in [4.69, 9.17) is 9.47 Å². The minimum Gasteiger partial charge on any atom is -0.465 e. The number of aryl methyl sites for hydroxylation is 1. The summed E-state index contributed by atoms with van der Waals surface area (Å²) < 4.78 is 10.1. The number of methoxy groups -OCH3 is 1. The van der Waals surface area contributed by atoms with Crippen LogP contribution in [-0.2, 0) is 27.2 Å². The van der Waals surface area contributed by atoms with Gasteiger partial charge in [-0.05, 0) is 31.2 Å². The maximum atomic E-state index is 13.0. The molecule has 1 atom stereocenters. The minimum atomic E-state index is -0.836. The lowest BCUT2D eigenvalue weighted by atomic mass is 9.94. The number of aromatic amines is 1. The summed E-state index contributed by atoms with van der Waals surface area (Å²) in [5.74, 6) is -0.294. The van der Waals surface area contributed by atoms with Gasteiger partial charge >= 0.3 is 11.9 Å². The van der Waals surface area contributed by atoms with Gasteiger partial charge in [-0.3, -0.25) is 14.5 Å². The van der Waals surface area contributed by atoms with Crippen molar-refractivity contribution in [1.82, 2.24) is 14.9 Å². The average molecular weight is 494 g/mol. The fourth-order valence-corrected chi connectivity index (χ4v) is 5.75. The Morgan fingerprint density at radius 1 is 1.26 bits per heavy atom. The molecule has 0 aliphatic heterocycles. The lowest BCUT2D eigenvalue weighted by Crippen LogP contribution is -2.43. The van der Waals surface area contributed by atoms with Crippen LogP contribution in [0, 0.1) is 0 Å². The van der Waals surface area contributed by atoms with E-state index < -0.39 is 12.1 Å². The second-order valence-electron chi connectivity index (χ2n) is 8.76. The first-order chi connectivity index (χ1) is 16.4. The Bertz CT molecular complexity index is 1040. The highest BCUT2D eigenvalue weighted by Crippen LogP contribution is 2.29. The lowest BCUT2D eigenvalue weighted by molar-refractivity contribution is -0.147. The fourth-order valence-electron chi connectivity index (χ4n) is 4.55. The molecule has 1 aliphatic carbocycles. The van der Waals surface area contributed by atoms with Crippen LogP contribution in [0.2, 0.25) is 0 Å². The number of hydrogen-bond acceptors (Lipinski definition) is 9. The molecule has 0 amide bonds. The van der Waals surface area contributed by atoms with E-state index in [1.54, 1.807) is 0 Å². The van der Waals surface area contributed by atoms with Crippen LogP contribution in [0.25, 0.3) is 10.2 Å². The Morgan fingerprint density at radius 3 is 2.65 bits per heavy atom. The molecule has 1 aliphatic rings. The molecule has 9 nitrogen and oxygen atoms in total. The Morgan fingerprint density at radius 2 is 2.00 bits per heavy atom. The zero-order valence-electron chi connectivity index (χ0n) is 20.2. The molecule has 0 radical (unpaired) electrons. The molecule has 1 fully saturated rings. The van der Waals surface area contributed by atoms with E-state index in [2.05, 4.69) is 14.9 Å². The number of aliphatic hydroxyl groups is 1. The van der Waals surface area contributed by atoms with Crippen LogP contribution >= 0.6 is 11.3 Å². The number of H-pyrrole nitrogens is 1. The van der Waals surface area contributed by atoms with Crippen LogP contribution in [0.3, 0.4) is 0 Å². The van der Waals surface area contributed by atoms with E-state index in [0.717, 1.165) is 25.7 Å². The van der Waals surface area contributed by atoms with Gasteiger partial charge in [0.15, 0.2) is 0 Å². The molecule has 1 unspecified atom stereocenters. The number of aromatic nitrogens is 2. The number of aliphatic hydroxyl groups excluding tert-OH is 1. The average Bonchev–Trinajstić information content (AvgIpc) is 3.21. The third-order valence-corrected chi connectivity index (χ3v) is 7.32. The zero-order chi connectivity index (χ0) is 24.7. The van der Waals surface area contributed by atoms with Crippen molar-refractivity contribution >= 4 is 33.5 Å². The summed E-state index contributed by atoms with van der Waals surface area (Å²) in [4.78, 5) is 47.4. The van der Waals surface area contributed by atoms with E-state index in [1.807, 2.05) is 13.8 Å². The number of fused-ring (bicyclic) bond motifs is 1. The number of carbonyl (C=O) groups excluding carboxylic acids is 2. The largest absolute Gasteiger partial charge is 0.465 e. The first kappa shape index (κ1) is 26.3. The second-order valence-corrected chi connectivity index (χ2v) is 9.75. The standard InChI is InChI=1S/C24H35N3O6S/c1-4-9-19(29)33-14-16(28)12-27(15-10-7-6-8-11-15)13-18-25-22(30)20-17(5-2)21(24(31)32-3)34-23(20)26-18/h15-16,28H,4-14H2,1-3H3,(H,25,26,30). The molecule has 1 saturated carbocycles. The third-order valence-electron chi connectivity index (χ3n) is 6.21. The number of esters is 2. The highest BCUT2D eigenvalue weighted by atomic mass is 32.1. The van der Waals surface area contributed by atoms with Crippen molar-refractivity contribution in [3.63, 3.8) is 0 Å². The van der Waals surface area contributed by atoms with Crippen LogP contribution in [0.5, 0.6) is 0 Å². The highest BCUT2D eigenvalue weighted by molar-refractivity contribution is 7.20. The Kier molecular flexibility index (Phi) is 9.61. The van der Waals surface area contributed by atoms with Crippen molar-refractivity contribution in [2.24, 2.45) is 0 Å². The smallest absolute Gasteiger partial charge is 0.348 e. The van der Waals surface area contributed by atoms with Gasteiger partial charge in [0.1, 0.15) is 28.2 Å². The molecule has 3 rings (SSSR count). The fraction of sp³-hybridized carbons (Fsp3) is 0.667. The van der Waals surface area contributed by atoms with E-state index >= 15 is 0 Å². The Hall–Kier alpha value is -2.30. The number of nitrogens with one attached hydrogen (secondary N) is 1. The van der Waals surface area contributed by atoms with Crippen molar-refractivity contribution in [3.05, 3.63) is 26.6 Å². The quantitative estimate of drug-likeness (QED) is 0.458. The van der Waals surface area contributed by atoms with Gasteiger partial charge in [-0.2, -0.15) is 0 Å². The molecule has 0 saturated heterocycles. The minimum absolute atomic E-state index is 0.0572. The van der Waals surface area contributed by atoms with Crippen molar-refractivity contribution in [2.75, 3.05) is 20.3 Å². The number of hydrogen-bond donors (Lipinski definition) is 2. The van der Waals surface area contributed by atoms with Crippen molar-refractivity contribution < 1.29 is 24.2 Å². The molecular formula is C24H35N3O6S. The van der Waals surface area contributed by atoms with Gasteiger partial charge in [0, 0.05) is 19.0 Å². The van der Waals surface area contributed by atoms with Gasteiger partial charge in [0.2, 0.25) is 0 Å². The molecule has 2 heterocycles. The SMILES string of the molecule is CCCC(=O)OCC(O)CN(Cc1nc2sc(C(=O)OC)c(CC)c2c(=O)[nH]1)C1CCCCC1. The monoisotopic (exact) mass is 493 g/mol. The Labute approximate surface area is 203 Å². The van der Waals surface area contributed by atoms with Crippen molar-refractivity contribution in [3.8, 4) is 0 Å². The maximum Gasteiger partial charge on any atom is 0.348 e. The molecule has 2 aromatic rings. The van der Waals surface area contributed by atoms with Gasteiger partial charge in [-0.25, -0.2) is 9.78 Å². The zero-order valence-corrected chi connectivity index (χ0v) is 21.0. The molecule has 10 heteroatoms. The number of carbonyl (C=O) groups is 2. The van der Waals surface area contributed by atoms with Crippen molar-refractivity contribution in [1.29, 1.82) is 0 Å². The molecular weight excluding hydrogens is 458 g/mol. The summed E-state index contributed by atoms with van der Waals surface area (Å²) in [6, 6.07) is 0.246. The van der Waals surface area contributed by atoms with Gasteiger partial charge in [0.05, 0.1) is 19.0 Å². The van der Waals surface area contributed by atoms with Gasteiger partial charge in [-0.15, -0.1) is 11.3 Å². The number of thiophene rings is 1. The molecule has 2 aromatic heterocycles. The molecule has 34 heavy (non-hydrogen) atoms. The van der Waals surface area contributed by atoms with E-state index in [9.17, 15) is 19.5 Å². The summed E-state index contributed by atoms with van der Waals surface area (Å²) in [5, 5.41) is 11.0. The van der Waals surface area contributed by atoms with E-state index in [-0.39, 0.29) is 24.2 Å².